The van der Waals surface area contributed by atoms with E-state index in [1.54, 1.807) is 0 Å². The van der Waals surface area contributed by atoms with E-state index in [1.165, 1.54) is 32.1 Å². The van der Waals surface area contributed by atoms with Gasteiger partial charge < -0.3 is 10.4 Å². The van der Waals surface area contributed by atoms with Crippen LogP contribution in [0.15, 0.2) is 0 Å². The summed E-state index contributed by atoms with van der Waals surface area (Å²) in [6.45, 7) is 7.40. The van der Waals surface area contributed by atoms with E-state index in [4.69, 9.17) is 0 Å². The van der Waals surface area contributed by atoms with Crippen molar-refractivity contribution in [2.24, 2.45) is 0 Å². The lowest BCUT2D eigenvalue weighted by atomic mass is 9.95. The van der Waals surface area contributed by atoms with Gasteiger partial charge in [0.1, 0.15) is 0 Å². The van der Waals surface area contributed by atoms with E-state index in [2.05, 4.69) is 19.2 Å². The molecule has 1 fully saturated rings. The summed E-state index contributed by atoms with van der Waals surface area (Å²) in [4.78, 5) is 0. The van der Waals surface area contributed by atoms with Crippen LogP contribution in [-0.2, 0) is 0 Å². The van der Waals surface area contributed by atoms with Crippen LogP contribution in [-0.4, -0.2) is 34.3 Å². The van der Waals surface area contributed by atoms with Crippen molar-refractivity contribution < 1.29 is 5.11 Å². The largest absolute Gasteiger partial charge is 0.392 e. The van der Waals surface area contributed by atoms with Gasteiger partial charge in [-0.3, -0.25) is 0 Å². The van der Waals surface area contributed by atoms with Crippen molar-refractivity contribution in [3.63, 3.8) is 0 Å². The Hall–Kier alpha value is 0.270. The van der Waals surface area contributed by atoms with E-state index in [-0.39, 0.29) is 6.10 Å². The molecule has 96 valence electrons. The summed E-state index contributed by atoms with van der Waals surface area (Å²) in [6.07, 6.45) is 6.31. The zero-order valence-electron chi connectivity index (χ0n) is 10.9. The molecule has 16 heavy (non-hydrogen) atoms. The van der Waals surface area contributed by atoms with Crippen LogP contribution in [0.3, 0.4) is 0 Å². The Morgan fingerprint density at radius 1 is 1.38 bits per heavy atom. The molecule has 1 rings (SSSR count). The Balaban J connectivity index is 2.27. The molecular formula is C13H27NOS. The Kier molecular flexibility index (Phi) is 6.78. The van der Waals surface area contributed by atoms with Gasteiger partial charge in [0.05, 0.1) is 6.10 Å². The van der Waals surface area contributed by atoms with Crippen LogP contribution >= 0.6 is 11.8 Å². The molecule has 0 spiro atoms. The van der Waals surface area contributed by atoms with Crippen LogP contribution in [0.25, 0.3) is 0 Å². The molecule has 0 heterocycles. The Bertz CT molecular complexity index is 187. The lowest BCUT2D eigenvalue weighted by Crippen LogP contribution is -2.36. The van der Waals surface area contributed by atoms with Crippen LogP contribution in [0.2, 0.25) is 0 Å². The number of nitrogens with one attached hydrogen (secondary N) is 1. The summed E-state index contributed by atoms with van der Waals surface area (Å²) in [5.74, 6) is 0. The third kappa shape index (κ3) is 5.07. The Morgan fingerprint density at radius 3 is 2.75 bits per heavy atom. The van der Waals surface area contributed by atoms with Crippen molar-refractivity contribution in [1.82, 2.24) is 5.32 Å². The highest BCUT2D eigenvalue weighted by Crippen LogP contribution is 2.32. The average Bonchev–Trinajstić information content (AvgIpc) is 2.26. The first-order valence-corrected chi connectivity index (χ1v) is 7.64. The molecule has 4 unspecified atom stereocenters. The van der Waals surface area contributed by atoms with E-state index in [0.29, 0.717) is 11.3 Å². The zero-order chi connectivity index (χ0) is 12.0. The van der Waals surface area contributed by atoms with Gasteiger partial charge in [-0.15, -0.1) is 0 Å². The molecule has 1 aliphatic carbocycles. The molecule has 3 heteroatoms. The zero-order valence-corrected chi connectivity index (χ0v) is 11.7. The van der Waals surface area contributed by atoms with Gasteiger partial charge >= 0.3 is 0 Å². The fourth-order valence-corrected chi connectivity index (χ4v) is 3.70. The van der Waals surface area contributed by atoms with Crippen molar-refractivity contribution in [3.8, 4) is 0 Å². The number of thioether (sulfide) groups is 1. The van der Waals surface area contributed by atoms with Crippen LogP contribution in [0.5, 0.6) is 0 Å². The molecule has 4 atom stereocenters. The number of hydrogen-bond donors (Lipinski definition) is 2. The van der Waals surface area contributed by atoms with Crippen LogP contribution in [0.4, 0.5) is 0 Å². The van der Waals surface area contributed by atoms with Crippen molar-refractivity contribution in [2.45, 2.75) is 75.5 Å². The van der Waals surface area contributed by atoms with Crippen LogP contribution in [0, 0.1) is 0 Å². The van der Waals surface area contributed by atoms with Gasteiger partial charge in [0.25, 0.3) is 0 Å². The first kappa shape index (κ1) is 14.3. The van der Waals surface area contributed by atoms with Gasteiger partial charge in [-0.05, 0) is 39.2 Å². The monoisotopic (exact) mass is 245 g/mol. The van der Waals surface area contributed by atoms with Gasteiger partial charge in [0.15, 0.2) is 0 Å². The molecule has 0 aromatic rings. The minimum Gasteiger partial charge on any atom is -0.392 e. The molecule has 0 saturated heterocycles. The molecule has 1 saturated carbocycles. The van der Waals surface area contributed by atoms with Gasteiger partial charge in [0.2, 0.25) is 0 Å². The molecule has 0 amide bonds. The van der Waals surface area contributed by atoms with Gasteiger partial charge in [-0.2, -0.15) is 11.8 Å². The maximum Gasteiger partial charge on any atom is 0.0628 e. The standard InChI is InChI=1S/C13H27NOS/c1-4-8-14-12-6-5-7-13(9-12)16-11(3)10(2)15/h10-15H,4-9H2,1-3H3. The van der Waals surface area contributed by atoms with E-state index >= 15 is 0 Å². The second kappa shape index (κ2) is 7.57. The number of hydrogen-bond acceptors (Lipinski definition) is 3. The molecule has 0 aliphatic heterocycles. The van der Waals surface area contributed by atoms with Crippen molar-refractivity contribution in [3.05, 3.63) is 0 Å². The van der Waals surface area contributed by atoms with E-state index in [0.717, 1.165) is 11.8 Å². The predicted molar refractivity (Wildman–Crippen MR) is 73.1 cm³/mol. The molecule has 0 aromatic carbocycles. The van der Waals surface area contributed by atoms with Crippen molar-refractivity contribution in [1.29, 1.82) is 0 Å². The SMILES string of the molecule is CCCNC1CCCC(SC(C)C(C)O)C1. The molecule has 2 N–H and O–H groups in total. The quantitative estimate of drug-likeness (QED) is 0.755. The third-order valence-electron chi connectivity index (χ3n) is 3.40. The summed E-state index contributed by atoms with van der Waals surface area (Å²) >= 11 is 1.98. The van der Waals surface area contributed by atoms with E-state index in [1.807, 2.05) is 18.7 Å². The molecule has 0 bridgehead atoms. The maximum absolute atomic E-state index is 9.52. The average molecular weight is 245 g/mol. The lowest BCUT2D eigenvalue weighted by Gasteiger charge is -2.31. The Labute approximate surface area is 105 Å². The first-order chi connectivity index (χ1) is 7.63. The second-order valence-electron chi connectivity index (χ2n) is 5.02. The molecule has 0 aromatic heterocycles. The molecule has 0 radical (unpaired) electrons. The predicted octanol–water partition coefficient (Wildman–Crippen LogP) is 2.80. The maximum atomic E-state index is 9.52. The summed E-state index contributed by atoms with van der Waals surface area (Å²) in [5, 5.41) is 14.3. The van der Waals surface area contributed by atoms with Gasteiger partial charge in [-0.25, -0.2) is 0 Å². The smallest absolute Gasteiger partial charge is 0.0628 e. The fourth-order valence-electron chi connectivity index (χ4n) is 2.22. The highest BCUT2D eigenvalue weighted by Gasteiger charge is 2.24. The van der Waals surface area contributed by atoms with E-state index in [9.17, 15) is 5.11 Å². The molecule has 2 nitrogen and oxygen atoms in total. The summed E-state index contributed by atoms with van der Waals surface area (Å²) in [5.41, 5.74) is 0. The summed E-state index contributed by atoms with van der Waals surface area (Å²) in [6, 6.07) is 0.715. The number of aliphatic hydroxyl groups is 1. The first-order valence-electron chi connectivity index (χ1n) is 6.70. The molecular weight excluding hydrogens is 218 g/mol. The highest BCUT2D eigenvalue weighted by atomic mass is 32.2. The number of aliphatic hydroxyl groups excluding tert-OH is 1. The van der Waals surface area contributed by atoms with E-state index < -0.39 is 0 Å². The Morgan fingerprint density at radius 2 is 2.12 bits per heavy atom. The van der Waals surface area contributed by atoms with Crippen molar-refractivity contribution in [2.75, 3.05) is 6.54 Å². The highest BCUT2D eigenvalue weighted by molar-refractivity contribution is 8.00. The minimum atomic E-state index is -0.186. The topological polar surface area (TPSA) is 32.3 Å². The van der Waals surface area contributed by atoms with Crippen LogP contribution < -0.4 is 5.32 Å². The second-order valence-corrected chi connectivity index (χ2v) is 6.70. The summed E-state index contributed by atoms with van der Waals surface area (Å²) < 4.78 is 0. The van der Waals surface area contributed by atoms with Crippen molar-refractivity contribution >= 4 is 11.8 Å². The normalized spacial score (nSPS) is 30.0. The molecule has 1 aliphatic rings. The van der Waals surface area contributed by atoms with Gasteiger partial charge in [-0.1, -0.05) is 20.3 Å². The third-order valence-corrected chi connectivity index (χ3v) is 5.03. The number of rotatable bonds is 6. The minimum absolute atomic E-state index is 0.186. The summed E-state index contributed by atoms with van der Waals surface area (Å²) in [7, 11) is 0. The lowest BCUT2D eigenvalue weighted by molar-refractivity contribution is 0.196. The fraction of sp³-hybridized carbons (Fsp3) is 1.00. The van der Waals surface area contributed by atoms with Gasteiger partial charge in [0, 0.05) is 16.5 Å². The van der Waals surface area contributed by atoms with Crippen LogP contribution in [0.1, 0.15) is 52.9 Å².